The molecule has 2 rings (SSSR count). The lowest BCUT2D eigenvalue weighted by Gasteiger charge is -2.19. The summed E-state index contributed by atoms with van der Waals surface area (Å²) in [5.74, 6) is 0. The van der Waals surface area contributed by atoms with Gasteiger partial charge in [0.1, 0.15) is 0 Å². The molecule has 0 aliphatic carbocycles. The maximum atomic E-state index is 5.92. The predicted octanol–water partition coefficient (Wildman–Crippen LogP) is 0.512. The standard InChI is InChI=1S/C9H9ClN2/c1-12-6-7-4-2-3-5-8(7)11-9(12)10/h2-6,9H,1H3. The molecular formula is C9H9ClN2. The van der Waals surface area contributed by atoms with E-state index in [1.807, 2.05) is 42.4 Å². The molecule has 1 aliphatic heterocycles. The van der Waals surface area contributed by atoms with E-state index in [9.17, 15) is 0 Å². The summed E-state index contributed by atoms with van der Waals surface area (Å²) in [6, 6.07) is 7.95. The Morgan fingerprint density at radius 2 is 2.17 bits per heavy atom. The normalized spacial score (nSPS) is 20.8. The van der Waals surface area contributed by atoms with Gasteiger partial charge in [0.15, 0.2) is 5.62 Å². The first-order valence-corrected chi connectivity index (χ1v) is 4.22. The molecule has 0 bridgehead atoms. The van der Waals surface area contributed by atoms with Crippen molar-refractivity contribution in [2.75, 3.05) is 7.05 Å². The zero-order valence-electron chi connectivity index (χ0n) is 6.74. The first kappa shape index (κ1) is 7.62. The molecule has 62 valence electrons. The van der Waals surface area contributed by atoms with Gasteiger partial charge in [-0.1, -0.05) is 29.8 Å². The van der Waals surface area contributed by atoms with Gasteiger partial charge in [0, 0.05) is 18.5 Å². The largest absolute Gasteiger partial charge is 0.346 e. The number of nitrogens with zero attached hydrogens (tertiary/aromatic N) is 2. The third-order valence-corrected chi connectivity index (χ3v) is 2.27. The molecule has 0 fully saturated rings. The van der Waals surface area contributed by atoms with Crippen LogP contribution in [0.4, 0.5) is 0 Å². The fourth-order valence-corrected chi connectivity index (χ4v) is 1.36. The molecule has 0 radical (unpaired) electrons. The molecule has 0 spiro atoms. The van der Waals surface area contributed by atoms with Gasteiger partial charge < -0.3 is 4.90 Å². The lowest BCUT2D eigenvalue weighted by Crippen LogP contribution is -2.37. The van der Waals surface area contributed by atoms with Gasteiger partial charge in [0.25, 0.3) is 0 Å². The van der Waals surface area contributed by atoms with Crippen molar-refractivity contribution in [3.05, 3.63) is 34.8 Å². The Morgan fingerprint density at radius 1 is 1.42 bits per heavy atom. The molecular weight excluding hydrogens is 172 g/mol. The average molecular weight is 181 g/mol. The fourth-order valence-electron chi connectivity index (χ4n) is 1.20. The quantitative estimate of drug-likeness (QED) is 0.420. The van der Waals surface area contributed by atoms with Gasteiger partial charge in [0.05, 0.1) is 5.36 Å². The van der Waals surface area contributed by atoms with Crippen LogP contribution in [-0.2, 0) is 0 Å². The summed E-state index contributed by atoms with van der Waals surface area (Å²) in [5.41, 5.74) is -0.264. The SMILES string of the molecule is CN1C=c2ccccc2=NC1Cl. The van der Waals surface area contributed by atoms with Crippen LogP contribution in [0, 0.1) is 0 Å². The van der Waals surface area contributed by atoms with Gasteiger partial charge in [0.2, 0.25) is 0 Å². The minimum Gasteiger partial charge on any atom is -0.346 e. The number of halogens is 1. The van der Waals surface area contributed by atoms with E-state index in [1.165, 1.54) is 0 Å². The van der Waals surface area contributed by atoms with Gasteiger partial charge in [-0.3, -0.25) is 0 Å². The van der Waals surface area contributed by atoms with Crippen molar-refractivity contribution >= 4 is 17.8 Å². The molecule has 1 heterocycles. The van der Waals surface area contributed by atoms with Gasteiger partial charge >= 0.3 is 0 Å². The topological polar surface area (TPSA) is 15.6 Å². The first-order chi connectivity index (χ1) is 5.77. The van der Waals surface area contributed by atoms with E-state index in [2.05, 4.69) is 4.99 Å². The van der Waals surface area contributed by atoms with Crippen LogP contribution in [0.5, 0.6) is 0 Å². The molecule has 1 aliphatic rings. The van der Waals surface area contributed by atoms with E-state index < -0.39 is 0 Å². The predicted molar refractivity (Wildman–Crippen MR) is 49.1 cm³/mol. The van der Waals surface area contributed by atoms with E-state index in [0.717, 1.165) is 10.6 Å². The van der Waals surface area contributed by atoms with E-state index in [0.29, 0.717) is 0 Å². The molecule has 0 saturated heterocycles. The van der Waals surface area contributed by atoms with Gasteiger partial charge in [-0.25, -0.2) is 4.99 Å². The van der Waals surface area contributed by atoms with Gasteiger partial charge in [-0.15, -0.1) is 0 Å². The Hall–Kier alpha value is -1.02. The van der Waals surface area contributed by atoms with Crippen molar-refractivity contribution in [3.8, 4) is 0 Å². The Bertz CT molecular complexity index is 360. The van der Waals surface area contributed by atoms with Crippen molar-refractivity contribution < 1.29 is 0 Å². The molecule has 0 amide bonds. The van der Waals surface area contributed by atoms with Crippen molar-refractivity contribution in [2.24, 2.45) is 4.99 Å². The summed E-state index contributed by atoms with van der Waals surface area (Å²) in [5, 5.41) is 2.09. The molecule has 2 nitrogen and oxygen atoms in total. The Labute approximate surface area is 75.8 Å². The summed E-state index contributed by atoms with van der Waals surface area (Å²) in [6.45, 7) is 0. The fraction of sp³-hybridized carbons (Fsp3) is 0.222. The highest BCUT2D eigenvalue weighted by molar-refractivity contribution is 6.20. The zero-order valence-corrected chi connectivity index (χ0v) is 7.49. The monoisotopic (exact) mass is 180 g/mol. The number of para-hydroxylation sites is 1. The lowest BCUT2D eigenvalue weighted by molar-refractivity contribution is 0.454. The second-order valence-electron chi connectivity index (χ2n) is 2.79. The van der Waals surface area contributed by atoms with E-state index in [4.69, 9.17) is 11.6 Å². The summed E-state index contributed by atoms with van der Waals surface area (Å²) in [7, 11) is 1.91. The van der Waals surface area contributed by atoms with Crippen molar-refractivity contribution in [1.29, 1.82) is 0 Å². The molecule has 0 N–H and O–H groups in total. The van der Waals surface area contributed by atoms with E-state index in [-0.39, 0.29) is 5.62 Å². The van der Waals surface area contributed by atoms with Crippen molar-refractivity contribution in [3.63, 3.8) is 0 Å². The van der Waals surface area contributed by atoms with Gasteiger partial charge in [-0.05, 0) is 6.07 Å². The third-order valence-electron chi connectivity index (χ3n) is 1.86. The Balaban J connectivity index is 2.70. The smallest absolute Gasteiger partial charge is 0.197 e. The third kappa shape index (κ3) is 1.18. The van der Waals surface area contributed by atoms with Gasteiger partial charge in [-0.2, -0.15) is 0 Å². The van der Waals surface area contributed by atoms with Crippen LogP contribution in [-0.4, -0.2) is 17.6 Å². The highest BCUT2D eigenvalue weighted by Crippen LogP contribution is 2.04. The zero-order chi connectivity index (χ0) is 8.55. The van der Waals surface area contributed by atoms with Crippen LogP contribution in [0.2, 0.25) is 0 Å². The molecule has 3 heteroatoms. The minimum atomic E-state index is -0.264. The summed E-state index contributed by atoms with van der Waals surface area (Å²) in [6.07, 6.45) is 2.00. The van der Waals surface area contributed by atoms with E-state index >= 15 is 0 Å². The minimum absolute atomic E-state index is 0.264. The lowest BCUT2D eigenvalue weighted by atomic mass is 10.3. The second-order valence-corrected chi connectivity index (χ2v) is 3.18. The van der Waals surface area contributed by atoms with Crippen LogP contribution in [0.15, 0.2) is 29.3 Å². The van der Waals surface area contributed by atoms with E-state index in [1.54, 1.807) is 0 Å². The molecule has 1 aromatic carbocycles. The Morgan fingerprint density at radius 3 is 3.00 bits per heavy atom. The highest BCUT2D eigenvalue weighted by Gasteiger charge is 2.08. The summed E-state index contributed by atoms with van der Waals surface area (Å²) in [4.78, 5) is 6.17. The maximum absolute atomic E-state index is 5.92. The highest BCUT2D eigenvalue weighted by atomic mass is 35.5. The summed E-state index contributed by atoms with van der Waals surface area (Å²) < 4.78 is 0. The van der Waals surface area contributed by atoms with Crippen LogP contribution < -0.4 is 10.6 Å². The number of fused-ring (bicyclic) bond motifs is 1. The number of hydrogen-bond acceptors (Lipinski definition) is 2. The molecule has 12 heavy (non-hydrogen) atoms. The van der Waals surface area contributed by atoms with Crippen molar-refractivity contribution in [1.82, 2.24) is 4.90 Å². The number of alkyl halides is 1. The molecule has 1 aromatic rings. The summed E-state index contributed by atoms with van der Waals surface area (Å²) >= 11 is 5.92. The molecule has 1 unspecified atom stereocenters. The average Bonchev–Trinajstić information content (AvgIpc) is 2.07. The number of rotatable bonds is 0. The molecule has 1 atom stereocenters. The first-order valence-electron chi connectivity index (χ1n) is 3.78. The van der Waals surface area contributed by atoms with Crippen LogP contribution in [0.1, 0.15) is 0 Å². The van der Waals surface area contributed by atoms with Crippen molar-refractivity contribution in [2.45, 2.75) is 5.62 Å². The molecule has 0 saturated carbocycles. The second kappa shape index (κ2) is 2.79. The number of benzene rings is 1. The molecule has 0 aromatic heterocycles. The Kier molecular flexibility index (Phi) is 1.77. The number of hydrogen-bond donors (Lipinski definition) is 0. The van der Waals surface area contributed by atoms with Crippen LogP contribution in [0.25, 0.3) is 6.20 Å². The van der Waals surface area contributed by atoms with Crippen LogP contribution >= 0.6 is 11.6 Å². The maximum Gasteiger partial charge on any atom is 0.197 e. The van der Waals surface area contributed by atoms with Crippen LogP contribution in [0.3, 0.4) is 0 Å².